The van der Waals surface area contributed by atoms with Gasteiger partial charge in [-0.25, -0.2) is 0 Å². The highest BCUT2D eigenvalue weighted by atomic mass is 35.5. The van der Waals surface area contributed by atoms with Crippen molar-refractivity contribution in [2.75, 3.05) is 18.8 Å². The second-order valence-corrected chi connectivity index (χ2v) is 5.40. The van der Waals surface area contributed by atoms with Crippen molar-refractivity contribution < 1.29 is 4.21 Å². The van der Waals surface area contributed by atoms with E-state index < -0.39 is 10.8 Å². The molecule has 0 amide bonds. The minimum Gasteiger partial charge on any atom is -0.316 e. The van der Waals surface area contributed by atoms with E-state index in [2.05, 4.69) is 15.5 Å². The van der Waals surface area contributed by atoms with Crippen molar-refractivity contribution in [3.63, 3.8) is 0 Å². The molecule has 1 saturated heterocycles. The molecule has 1 N–H and O–H groups in total. The molecule has 0 bridgehead atoms. The molecule has 1 aromatic heterocycles. The monoisotopic (exact) mass is 245 g/mol. The molecule has 1 aromatic rings. The lowest BCUT2D eigenvalue weighted by Gasteiger charge is -2.06. The first kappa shape index (κ1) is 11.0. The van der Waals surface area contributed by atoms with Crippen molar-refractivity contribution in [1.82, 2.24) is 15.5 Å². The Morgan fingerprint density at radius 2 is 2.40 bits per heavy atom. The Balaban J connectivity index is 1.98. The van der Waals surface area contributed by atoms with Gasteiger partial charge in [-0.05, 0) is 37.6 Å². The van der Waals surface area contributed by atoms with Gasteiger partial charge >= 0.3 is 0 Å². The number of nitrogens with one attached hydrogen (secondary N) is 1. The molecule has 4 nitrogen and oxygen atoms in total. The van der Waals surface area contributed by atoms with Crippen molar-refractivity contribution in [2.24, 2.45) is 5.92 Å². The summed E-state index contributed by atoms with van der Waals surface area (Å²) in [6, 6.07) is 3.29. The van der Waals surface area contributed by atoms with Gasteiger partial charge in [-0.15, -0.1) is 10.2 Å². The Morgan fingerprint density at radius 3 is 3.00 bits per heavy atom. The van der Waals surface area contributed by atoms with Gasteiger partial charge in [-0.2, -0.15) is 0 Å². The smallest absolute Gasteiger partial charge is 0.151 e. The molecule has 15 heavy (non-hydrogen) atoms. The molecule has 2 rings (SSSR count). The van der Waals surface area contributed by atoms with Crippen LogP contribution in [-0.2, 0) is 10.8 Å². The third-order valence-electron chi connectivity index (χ3n) is 2.39. The van der Waals surface area contributed by atoms with E-state index in [1.165, 1.54) is 0 Å². The van der Waals surface area contributed by atoms with Gasteiger partial charge < -0.3 is 5.32 Å². The average molecular weight is 246 g/mol. The summed E-state index contributed by atoms with van der Waals surface area (Å²) in [7, 11) is -1.05. The van der Waals surface area contributed by atoms with Crippen LogP contribution in [0, 0.1) is 5.92 Å². The molecule has 0 radical (unpaired) electrons. The van der Waals surface area contributed by atoms with E-state index in [1.54, 1.807) is 12.1 Å². The molecular weight excluding hydrogens is 234 g/mol. The zero-order valence-corrected chi connectivity index (χ0v) is 9.72. The molecule has 0 aromatic carbocycles. The first-order chi connectivity index (χ1) is 7.25. The molecule has 0 spiro atoms. The number of nitrogens with zero attached hydrogens (tertiary/aromatic N) is 2. The van der Waals surface area contributed by atoms with Crippen LogP contribution >= 0.6 is 11.6 Å². The van der Waals surface area contributed by atoms with E-state index >= 15 is 0 Å². The first-order valence-corrected chi connectivity index (χ1v) is 6.54. The molecule has 0 aliphatic carbocycles. The van der Waals surface area contributed by atoms with Crippen LogP contribution in [0.1, 0.15) is 6.42 Å². The highest BCUT2D eigenvalue weighted by Gasteiger charge is 2.18. The number of halogens is 1. The van der Waals surface area contributed by atoms with Gasteiger partial charge in [0.25, 0.3) is 0 Å². The number of hydrogen-bond donors (Lipinski definition) is 1. The third-order valence-corrected chi connectivity index (χ3v) is 4.05. The average Bonchev–Trinajstić information content (AvgIpc) is 2.71. The standard InChI is InChI=1S/C9H12ClN3OS/c10-8-1-2-9(13-12-8)15(14)6-7-3-4-11-5-7/h1-2,7,11H,3-6H2. The van der Waals surface area contributed by atoms with E-state index in [4.69, 9.17) is 11.6 Å². The zero-order chi connectivity index (χ0) is 10.7. The second kappa shape index (κ2) is 5.01. The summed E-state index contributed by atoms with van der Waals surface area (Å²) in [5.41, 5.74) is 0. The fraction of sp³-hybridized carbons (Fsp3) is 0.556. The number of hydrogen-bond acceptors (Lipinski definition) is 4. The Bertz CT molecular complexity index is 351. The van der Waals surface area contributed by atoms with Crippen molar-refractivity contribution >= 4 is 22.4 Å². The van der Waals surface area contributed by atoms with Gasteiger partial charge in [0.2, 0.25) is 0 Å². The summed E-state index contributed by atoms with van der Waals surface area (Å²) in [5.74, 6) is 1.15. The zero-order valence-electron chi connectivity index (χ0n) is 8.15. The Morgan fingerprint density at radius 1 is 1.53 bits per heavy atom. The summed E-state index contributed by atoms with van der Waals surface area (Å²) >= 11 is 5.60. The van der Waals surface area contributed by atoms with Crippen molar-refractivity contribution in [1.29, 1.82) is 0 Å². The van der Waals surface area contributed by atoms with Crippen LogP contribution in [0.2, 0.25) is 5.15 Å². The Hall–Kier alpha value is -0.520. The highest BCUT2D eigenvalue weighted by Crippen LogP contribution is 2.13. The lowest BCUT2D eigenvalue weighted by atomic mass is 10.2. The van der Waals surface area contributed by atoms with Gasteiger partial charge in [0.1, 0.15) is 5.03 Å². The van der Waals surface area contributed by atoms with Gasteiger partial charge in [-0.3, -0.25) is 4.21 Å². The Kier molecular flexibility index (Phi) is 3.66. The summed E-state index contributed by atoms with van der Waals surface area (Å²) in [4.78, 5) is 0. The first-order valence-electron chi connectivity index (χ1n) is 4.84. The largest absolute Gasteiger partial charge is 0.316 e. The van der Waals surface area contributed by atoms with Gasteiger partial charge in [-0.1, -0.05) is 11.6 Å². The molecule has 1 aliphatic heterocycles. The predicted molar refractivity (Wildman–Crippen MR) is 59.3 cm³/mol. The molecule has 2 atom stereocenters. The molecule has 1 aliphatic rings. The molecule has 82 valence electrons. The molecule has 2 heterocycles. The normalized spacial score (nSPS) is 22.9. The minimum absolute atomic E-state index is 0.332. The maximum absolute atomic E-state index is 11.8. The van der Waals surface area contributed by atoms with E-state index in [1.807, 2.05) is 0 Å². The minimum atomic E-state index is -1.05. The molecular formula is C9H12ClN3OS. The van der Waals surface area contributed by atoms with Crippen LogP contribution in [0.15, 0.2) is 17.2 Å². The maximum Gasteiger partial charge on any atom is 0.151 e. The maximum atomic E-state index is 11.8. The summed E-state index contributed by atoms with van der Waals surface area (Å²) in [5, 5.41) is 11.6. The Labute approximate surface area is 95.9 Å². The van der Waals surface area contributed by atoms with Crippen LogP contribution in [0.4, 0.5) is 0 Å². The van der Waals surface area contributed by atoms with Crippen LogP contribution in [0.3, 0.4) is 0 Å². The summed E-state index contributed by atoms with van der Waals surface area (Å²) in [6.07, 6.45) is 1.09. The fourth-order valence-corrected chi connectivity index (χ4v) is 2.92. The van der Waals surface area contributed by atoms with Crippen LogP contribution in [-0.4, -0.2) is 33.2 Å². The SMILES string of the molecule is O=S(CC1CCNC1)c1ccc(Cl)nn1. The highest BCUT2D eigenvalue weighted by molar-refractivity contribution is 7.84. The number of rotatable bonds is 3. The van der Waals surface area contributed by atoms with Crippen LogP contribution in [0.5, 0.6) is 0 Å². The molecule has 2 unspecified atom stereocenters. The van der Waals surface area contributed by atoms with Crippen molar-refractivity contribution in [3.8, 4) is 0 Å². The number of aromatic nitrogens is 2. The van der Waals surface area contributed by atoms with Crippen LogP contribution in [0.25, 0.3) is 0 Å². The van der Waals surface area contributed by atoms with Crippen molar-refractivity contribution in [2.45, 2.75) is 11.4 Å². The molecule has 6 heteroatoms. The molecule has 0 saturated carbocycles. The summed E-state index contributed by atoms with van der Waals surface area (Å²) in [6.45, 7) is 1.97. The lowest BCUT2D eigenvalue weighted by molar-refractivity contribution is 0.629. The fourth-order valence-electron chi connectivity index (χ4n) is 1.58. The van der Waals surface area contributed by atoms with Crippen LogP contribution < -0.4 is 5.32 Å². The van der Waals surface area contributed by atoms with E-state index in [0.29, 0.717) is 21.8 Å². The van der Waals surface area contributed by atoms with Gasteiger partial charge in [0.15, 0.2) is 5.15 Å². The van der Waals surface area contributed by atoms with Crippen molar-refractivity contribution in [3.05, 3.63) is 17.3 Å². The van der Waals surface area contributed by atoms with E-state index in [9.17, 15) is 4.21 Å². The predicted octanol–water partition coefficient (Wildman–Crippen LogP) is 0.847. The topological polar surface area (TPSA) is 54.9 Å². The molecule has 1 fully saturated rings. The van der Waals surface area contributed by atoms with E-state index in [0.717, 1.165) is 19.5 Å². The second-order valence-electron chi connectivity index (χ2n) is 3.57. The quantitative estimate of drug-likeness (QED) is 0.858. The van der Waals surface area contributed by atoms with E-state index in [-0.39, 0.29) is 0 Å². The van der Waals surface area contributed by atoms with Gasteiger partial charge in [0, 0.05) is 5.75 Å². The lowest BCUT2D eigenvalue weighted by Crippen LogP contribution is -2.15. The third kappa shape index (κ3) is 2.96. The van der Waals surface area contributed by atoms with Gasteiger partial charge in [0.05, 0.1) is 10.8 Å². The summed E-state index contributed by atoms with van der Waals surface area (Å²) < 4.78 is 11.8.